The molecular formula is C18H17ClN2O4. The number of nitriles is 1. The van der Waals surface area contributed by atoms with Gasteiger partial charge in [0.15, 0.2) is 11.7 Å². The van der Waals surface area contributed by atoms with Crippen LogP contribution in [0.3, 0.4) is 0 Å². The average molecular weight is 361 g/mol. The summed E-state index contributed by atoms with van der Waals surface area (Å²) in [5.41, 5.74) is 0.626. The average Bonchev–Trinajstić information content (AvgIpc) is 3.09. The van der Waals surface area contributed by atoms with Crippen molar-refractivity contribution in [3.05, 3.63) is 47.2 Å². The van der Waals surface area contributed by atoms with Gasteiger partial charge < -0.3 is 14.5 Å². The van der Waals surface area contributed by atoms with Gasteiger partial charge in [0.1, 0.15) is 5.76 Å². The number of methoxy groups -OCH3 is 1. The van der Waals surface area contributed by atoms with Gasteiger partial charge in [-0.05, 0) is 30.7 Å². The maximum absolute atomic E-state index is 12.4. The molecule has 0 spiro atoms. The Bertz CT molecular complexity index is 794. The lowest BCUT2D eigenvalue weighted by molar-refractivity contribution is -0.122. The Labute approximate surface area is 150 Å². The standard InChI is InChI=1S/C18H17ClN2O4/c1-24-10-4-9-21-18(23)13(11-20)17(22)16-8-7-15(25-16)12-5-2-3-6-14(12)19/h2-3,5-8,13H,4,9-10H2,1H3,(H,21,23). The number of amides is 1. The summed E-state index contributed by atoms with van der Waals surface area (Å²) in [6, 6.07) is 11.8. The van der Waals surface area contributed by atoms with Gasteiger partial charge in [-0.1, -0.05) is 23.7 Å². The van der Waals surface area contributed by atoms with Gasteiger partial charge in [-0.3, -0.25) is 9.59 Å². The molecule has 130 valence electrons. The summed E-state index contributed by atoms with van der Waals surface area (Å²) in [6.07, 6.45) is 0.589. The van der Waals surface area contributed by atoms with Gasteiger partial charge >= 0.3 is 0 Å². The minimum Gasteiger partial charge on any atom is -0.453 e. The molecule has 1 N–H and O–H groups in total. The summed E-state index contributed by atoms with van der Waals surface area (Å²) >= 11 is 6.10. The lowest BCUT2D eigenvalue weighted by Gasteiger charge is -2.08. The third-order valence-corrected chi connectivity index (χ3v) is 3.80. The van der Waals surface area contributed by atoms with E-state index >= 15 is 0 Å². The normalized spacial score (nSPS) is 11.6. The van der Waals surface area contributed by atoms with Crippen LogP contribution in [0.1, 0.15) is 17.0 Å². The van der Waals surface area contributed by atoms with Gasteiger partial charge in [0.25, 0.3) is 0 Å². The van der Waals surface area contributed by atoms with Crippen molar-refractivity contribution in [2.75, 3.05) is 20.3 Å². The van der Waals surface area contributed by atoms with Crippen LogP contribution >= 0.6 is 11.6 Å². The molecule has 0 saturated carbocycles. The highest BCUT2D eigenvalue weighted by Gasteiger charge is 2.29. The Morgan fingerprint density at radius 1 is 1.32 bits per heavy atom. The number of nitrogens with one attached hydrogen (secondary N) is 1. The Morgan fingerprint density at radius 2 is 2.08 bits per heavy atom. The van der Waals surface area contributed by atoms with Crippen molar-refractivity contribution in [1.29, 1.82) is 5.26 Å². The second kappa shape index (κ2) is 9.02. The summed E-state index contributed by atoms with van der Waals surface area (Å²) in [7, 11) is 1.55. The molecule has 0 fully saturated rings. The lowest BCUT2D eigenvalue weighted by Crippen LogP contribution is -2.35. The molecule has 2 rings (SSSR count). The fourth-order valence-corrected chi connectivity index (χ4v) is 2.41. The maximum atomic E-state index is 12.4. The van der Waals surface area contributed by atoms with Gasteiger partial charge in [-0.2, -0.15) is 5.26 Å². The number of benzene rings is 1. The molecule has 1 aromatic heterocycles. The topological polar surface area (TPSA) is 92.3 Å². The molecule has 0 aliphatic carbocycles. The fourth-order valence-electron chi connectivity index (χ4n) is 2.18. The lowest BCUT2D eigenvalue weighted by atomic mass is 10.0. The predicted molar refractivity (Wildman–Crippen MR) is 92.1 cm³/mol. The maximum Gasteiger partial charge on any atom is 0.245 e. The van der Waals surface area contributed by atoms with Crippen LogP contribution in [-0.4, -0.2) is 32.0 Å². The van der Waals surface area contributed by atoms with Crippen LogP contribution in [0.5, 0.6) is 0 Å². The molecule has 1 aromatic carbocycles. The highest BCUT2D eigenvalue weighted by molar-refractivity contribution is 6.33. The van der Waals surface area contributed by atoms with E-state index in [-0.39, 0.29) is 5.76 Å². The molecule has 7 heteroatoms. The van der Waals surface area contributed by atoms with E-state index in [4.69, 9.17) is 20.8 Å². The minimum absolute atomic E-state index is 0.0616. The Morgan fingerprint density at radius 3 is 2.76 bits per heavy atom. The number of Topliss-reactive ketones (excluding diaryl/α,β-unsaturated/α-hetero) is 1. The van der Waals surface area contributed by atoms with Gasteiger partial charge in [-0.15, -0.1) is 0 Å². The number of ketones is 1. The van der Waals surface area contributed by atoms with Crippen molar-refractivity contribution < 1.29 is 18.7 Å². The second-order valence-corrected chi connectivity index (χ2v) is 5.61. The molecule has 2 aromatic rings. The van der Waals surface area contributed by atoms with Crippen molar-refractivity contribution in [2.24, 2.45) is 5.92 Å². The minimum atomic E-state index is -1.47. The van der Waals surface area contributed by atoms with Crippen LogP contribution < -0.4 is 5.32 Å². The van der Waals surface area contributed by atoms with E-state index in [1.165, 1.54) is 6.07 Å². The first kappa shape index (κ1) is 18.7. The molecule has 1 heterocycles. The van der Waals surface area contributed by atoms with E-state index in [1.54, 1.807) is 43.5 Å². The highest BCUT2D eigenvalue weighted by atomic mass is 35.5. The number of hydrogen-bond acceptors (Lipinski definition) is 5. The first-order chi connectivity index (χ1) is 12.1. The second-order valence-electron chi connectivity index (χ2n) is 5.21. The number of carbonyl (C=O) groups excluding carboxylic acids is 2. The Hall–Kier alpha value is -2.62. The molecule has 0 aliphatic heterocycles. The monoisotopic (exact) mass is 360 g/mol. The zero-order valence-electron chi connectivity index (χ0n) is 13.6. The number of hydrogen-bond donors (Lipinski definition) is 1. The number of nitrogens with zero attached hydrogens (tertiary/aromatic N) is 1. The largest absolute Gasteiger partial charge is 0.453 e. The third-order valence-electron chi connectivity index (χ3n) is 3.47. The summed E-state index contributed by atoms with van der Waals surface area (Å²) in [5.74, 6) is -2.48. The third kappa shape index (κ3) is 4.69. The zero-order valence-corrected chi connectivity index (χ0v) is 14.4. The predicted octanol–water partition coefficient (Wildman–Crippen LogP) is 3.08. The van der Waals surface area contributed by atoms with E-state index in [2.05, 4.69) is 5.32 Å². The van der Waals surface area contributed by atoms with Crippen molar-refractivity contribution in [1.82, 2.24) is 5.32 Å². The van der Waals surface area contributed by atoms with Gasteiger partial charge in [-0.25, -0.2) is 0 Å². The first-order valence-corrected chi connectivity index (χ1v) is 8.01. The van der Waals surface area contributed by atoms with Crippen molar-refractivity contribution in [3.8, 4) is 17.4 Å². The van der Waals surface area contributed by atoms with E-state index in [9.17, 15) is 14.9 Å². The van der Waals surface area contributed by atoms with Crippen LogP contribution in [0.25, 0.3) is 11.3 Å². The van der Waals surface area contributed by atoms with Crippen LogP contribution in [0.15, 0.2) is 40.8 Å². The van der Waals surface area contributed by atoms with Crippen LogP contribution in [0, 0.1) is 17.2 Å². The van der Waals surface area contributed by atoms with Crippen molar-refractivity contribution in [2.45, 2.75) is 6.42 Å². The Balaban J connectivity index is 2.10. The number of carbonyl (C=O) groups is 2. The molecule has 6 nitrogen and oxygen atoms in total. The molecule has 25 heavy (non-hydrogen) atoms. The zero-order chi connectivity index (χ0) is 18.2. The molecule has 1 atom stereocenters. The number of ether oxygens (including phenoxy) is 1. The molecule has 1 amide bonds. The van der Waals surface area contributed by atoms with E-state index in [0.717, 1.165) is 0 Å². The molecule has 0 aliphatic rings. The summed E-state index contributed by atoms with van der Waals surface area (Å²) in [4.78, 5) is 24.4. The quantitative estimate of drug-likeness (QED) is 0.443. The fraction of sp³-hybridized carbons (Fsp3) is 0.278. The van der Waals surface area contributed by atoms with E-state index in [0.29, 0.717) is 35.9 Å². The van der Waals surface area contributed by atoms with Gasteiger partial charge in [0.05, 0.1) is 11.1 Å². The van der Waals surface area contributed by atoms with Crippen molar-refractivity contribution in [3.63, 3.8) is 0 Å². The number of furan rings is 1. The molecule has 0 saturated heterocycles. The van der Waals surface area contributed by atoms with E-state index in [1.807, 2.05) is 0 Å². The Kier molecular flexibility index (Phi) is 6.75. The molecule has 0 bridgehead atoms. The summed E-state index contributed by atoms with van der Waals surface area (Å²) in [6.45, 7) is 0.798. The van der Waals surface area contributed by atoms with Crippen LogP contribution in [0.2, 0.25) is 5.02 Å². The van der Waals surface area contributed by atoms with Gasteiger partial charge in [0.2, 0.25) is 11.7 Å². The number of rotatable bonds is 8. The summed E-state index contributed by atoms with van der Waals surface area (Å²) in [5, 5.41) is 12.2. The highest BCUT2D eigenvalue weighted by Crippen LogP contribution is 2.29. The molecule has 0 radical (unpaired) electrons. The molecule has 1 unspecified atom stereocenters. The first-order valence-electron chi connectivity index (χ1n) is 7.63. The van der Waals surface area contributed by atoms with Crippen LogP contribution in [-0.2, 0) is 9.53 Å². The molecular weight excluding hydrogens is 344 g/mol. The van der Waals surface area contributed by atoms with Crippen LogP contribution in [0.4, 0.5) is 0 Å². The smallest absolute Gasteiger partial charge is 0.245 e. The van der Waals surface area contributed by atoms with Crippen molar-refractivity contribution >= 4 is 23.3 Å². The van der Waals surface area contributed by atoms with E-state index < -0.39 is 17.6 Å². The SMILES string of the molecule is COCCCNC(=O)C(C#N)C(=O)c1ccc(-c2ccccc2Cl)o1. The summed E-state index contributed by atoms with van der Waals surface area (Å²) < 4.78 is 10.4. The van der Waals surface area contributed by atoms with Gasteiger partial charge in [0, 0.05) is 25.8 Å². The number of halogens is 1.